The summed E-state index contributed by atoms with van der Waals surface area (Å²) in [4.78, 5) is 39.7. The molecule has 0 aliphatic carbocycles. The quantitative estimate of drug-likeness (QED) is 0.456. The van der Waals surface area contributed by atoms with Crippen molar-refractivity contribution in [1.82, 2.24) is 14.8 Å². The molecule has 0 radical (unpaired) electrons. The van der Waals surface area contributed by atoms with Crippen molar-refractivity contribution in [3.05, 3.63) is 71.6 Å². The Labute approximate surface area is 164 Å². The molecule has 6 nitrogen and oxygen atoms in total. The van der Waals surface area contributed by atoms with Gasteiger partial charge in [0.25, 0.3) is 5.91 Å². The van der Waals surface area contributed by atoms with Gasteiger partial charge in [-0.25, -0.2) is 4.79 Å². The number of ketones is 1. The molecule has 3 amide bonds. The van der Waals surface area contributed by atoms with E-state index in [0.29, 0.717) is 18.5 Å². The van der Waals surface area contributed by atoms with E-state index in [4.69, 9.17) is 0 Å². The first kappa shape index (κ1) is 19.6. The Hall–Kier alpha value is -3.15. The Kier molecular flexibility index (Phi) is 5.23. The van der Waals surface area contributed by atoms with Crippen molar-refractivity contribution in [3.63, 3.8) is 0 Å². The predicted molar refractivity (Wildman–Crippen MR) is 107 cm³/mol. The fourth-order valence-corrected chi connectivity index (χ4v) is 3.85. The molecule has 0 unspecified atom stereocenters. The molecule has 0 bridgehead atoms. The lowest BCUT2D eigenvalue weighted by atomic mass is 9.87. The topological polar surface area (TPSA) is 71.4 Å². The molecule has 2 aromatic rings. The summed E-state index contributed by atoms with van der Waals surface area (Å²) in [6.07, 6.45) is 2.17. The summed E-state index contributed by atoms with van der Waals surface area (Å²) in [5, 5.41) is 2.81. The van der Waals surface area contributed by atoms with Crippen LogP contribution in [0.25, 0.3) is 0 Å². The molecule has 1 aliphatic rings. The van der Waals surface area contributed by atoms with Crippen LogP contribution in [0, 0.1) is 13.8 Å². The van der Waals surface area contributed by atoms with Gasteiger partial charge >= 0.3 is 6.03 Å². The normalized spacial score (nSPS) is 19.0. The number of hydrogen-bond donors (Lipinski definition) is 1. The number of carbonyl (C=O) groups is 3. The first-order valence-electron chi connectivity index (χ1n) is 9.36. The van der Waals surface area contributed by atoms with Crippen molar-refractivity contribution in [3.8, 4) is 0 Å². The average Bonchev–Trinajstić information content (AvgIpc) is 3.11. The number of benzene rings is 1. The second-order valence-corrected chi connectivity index (χ2v) is 7.05. The van der Waals surface area contributed by atoms with Gasteiger partial charge in [0.2, 0.25) is 0 Å². The highest BCUT2D eigenvalue weighted by molar-refractivity contribution is 6.11. The number of amides is 3. The van der Waals surface area contributed by atoms with Crippen LogP contribution in [0.5, 0.6) is 0 Å². The largest absolute Gasteiger partial charge is 0.345 e. The smallest absolute Gasteiger partial charge is 0.325 e. The van der Waals surface area contributed by atoms with E-state index in [2.05, 4.69) is 11.9 Å². The zero-order valence-electron chi connectivity index (χ0n) is 16.5. The minimum absolute atomic E-state index is 0.258. The van der Waals surface area contributed by atoms with E-state index in [0.717, 1.165) is 21.9 Å². The van der Waals surface area contributed by atoms with Gasteiger partial charge in [0.15, 0.2) is 5.78 Å². The number of Topliss-reactive ketones (excluding diaryl/α,β-unsaturated/α-hetero) is 1. The van der Waals surface area contributed by atoms with Crippen LogP contribution in [-0.2, 0) is 16.9 Å². The summed E-state index contributed by atoms with van der Waals surface area (Å²) < 4.78 is 1.98. The van der Waals surface area contributed by atoms with Gasteiger partial charge in [-0.15, -0.1) is 6.58 Å². The number of nitrogens with one attached hydrogen (secondary N) is 1. The number of aryl methyl sites for hydroxylation is 1. The summed E-state index contributed by atoms with van der Waals surface area (Å²) in [5.41, 5.74) is 1.85. The minimum Gasteiger partial charge on any atom is -0.345 e. The standard InChI is InChI=1S/C22H25N3O3/c1-5-12-24-15(3)13-18(16(24)4)19(26)14-25-20(27)22(6-2,23-21(25)28)17-10-8-7-9-11-17/h5,7-11,13H,1,6,12,14H2,2-4H3,(H,23,28)/t22-/m1/s1. The number of carbonyl (C=O) groups excluding carboxylic acids is 3. The molecule has 1 aromatic heterocycles. The molecule has 28 heavy (non-hydrogen) atoms. The van der Waals surface area contributed by atoms with Crippen molar-refractivity contribution in [2.75, 3.05) is 6.54 Å². The molecule has 2 heterocycles. The third-order valence-electron chi connectivity index (χ3n) is 5.46. The molecule has 1 aromatic carbocycles. The van der Waals surface area contributed by atoms with Crippen LogP contribution < -0.4 is 5.32 Å². The number of imide groups is 1. The van der Waals surface area contributed by atoms with Crippen LogP contribution in [0.4, 0.5) is 4.79 Å². The van der Waals surface area contributed by atoms with Crippen LogP contribution in [0.2, 0.25) is 0 Å². The molecule has 1 N–H and O–H groups in total. The highest BCUT2D eigenvalue weighted by Gasteiger charge is 2.51. The molecule has 1 saturated heterocycles. The fraction of sp³-hybridized carbons (Fsp3) is 0.318. The third-order valence-corrected chi connectivity index (χ3v) is 5.46. The van der Waals surface area contributed by atoms with Crippen molar-refractivity contribution >= 4 is 17.7 Å². The zero-order chi connectivity index (χ0) is 20.5. The lowest BCUT2D eigenvalue weighted by Gasteiger charge is -2.25. The Bertz CT molecular complexity index is 945. The number of allylic oxidation sites excluding steroid dienone is 1. The van der Waals surface area contributed by atoms with E-state index < -0.39 is 11.6 Å². The van der Waals surface area contributed by atoms with Crippen molar-refractivity contribution in [2.24, 2.45) is 0 Å². The predicted octanol–water partition coefficient (Wildman–Crippen LogP) is 3.33. The van der Waals surface area contributed by atoms with Crippen LogP contribution in [0.1, 0.15) is 40.7 Å². The summed E-state index contributed by atoms with van der Waals surface area (Å²) in [6.45, 7) is 9.67. The number of aromatic nitrogens is 1. The Morgan fingerprint density at radius 1 is 1.21 bits per heavy atom. The Balaban J connectivity index is 1.88. The van der Waals surface area contributed by atoms with Crippen molar-refractivity contribution in [1.29, 1.82) is 0 Å². The first-order chi connectivity index (χ1) is 13.4. The molecule has 146 valence electrons. The van der Waals surface area contributed by atoms with E-state index in [1.807, 2.05) is 55.7 Å². The maximum Gasteiger partial charge on any atom is 0.325 e. The van der Waals surface area contributed by atoms with E-state index >= 15 is 0 Å². The average molecular weight is 379 g/mol. The molecule has 6 heteroatoms. The molecule has 1 fully saturated rings. The molecular formula is C22H25N3O3. The van der Waals surface area contributed by atoms with Gasteiger partial charge in [0, 0.05) is 23.5 Å². The number of hydrogen-bond acceptors (Lipinski definition) is 3. The maximum atomic E-state index is 13.2. The summed E-state index contributed by atoms with van der Waals surface area (Å²) >= 11 is 0. The van der Waals surface area contributed by atoms with Crippen LogP contribution in [-0.4, -0.2) is 33.7 Å². The van der Waals surface area contributed by atoms with Crippen molar-refractivity contribution in [2.45, 2.75) is 39.3 Å². The van der Waals surface area contributed by atoms with Crippen LogP contribution >= 0.6 is 0 Å². The molecular weight excluding hydrogens is 354 g/mol. The van der Waals surface area contributed by atoms with Crippen LogP contribution in [0.15, 0.2) is 49.1 Å². The Morgan fingerprint density at radius 3 is 2.50 bits per heavy atom. The number of nitrogens with zero attached hydrogens (tertiary/aromatic N) is 2. The van der Waals surface area contributed by atoms with Gasteiger partial charge in [0.05, 0.1) is 6.54 Å². The number of rotatable bonds is 7. The van der Waals surface area contributed by atoms with E-state index in [1.165, 1.54) is 0 Å². The van der Waals surface area contributed by atoms with Gasteiger partial charge < -0.3 is 9.88 Å². The van der Waals surface area contributed by atoms with Gasteiger partial charge in [-0.05, 0) is 31.9 Å². The second-order valence-electron chi connectivity index (χ2n) is 7.05. The van der Waals surface area contributed by atoms with Gasteiger partial charge in [-0.2, -0.15) is 0 Å². The molecule has 1 aliphatic heterocycles. The third kappa shape index (κ3) is 3.05. The second kappa shape index (κ2) is 7.46. The van der Waals surface area contributed by atoms with E-state index in [1.54, 1.807) is 12.1 Å². The van der Waals surface area contributed by atoms with E-state index in [9.17, 15) is 14.4 Å². The molecule has 0 saturated carbocycles. The highest BCUT2D eigenvalue weighted by Crippen LogP contribution is 2.32. The lowest BCUT2D eigenvalue weighted by molar-refractivity contribution is -0.131. The fourth-order valence-electron chi connectivity index (χ4n) is 3.85. The van der Waals surface area contributed by atoms with E-state index in [-0.39, 0.29) is 18.2 Å². The van der Waals surface area contributed by atoms with Crippen molar-refractivity contribution < 1.29 is 14.4 Å². The minimum atomic E-state index is -1.13. The summed E-state index contributed by atoms with van der Waals surface area (Å²) in [5.74, 6) is -0.647. The highest BCUT2D eigenvalue weighted by atomic mass is 16.2. The lowest BCUT2D eigenvalue weighted by Crippen LogP contribution is -2.43. The monoisotopic (exact) mass is 379 g/mol. The number of urea groups is 1. The zero-order valence-corrected chi connectivity index (χ0v) is 16.5. The molecule has 0 spiro atoms. The Morgan fingerprint density at radius 2 is 1.89 bits per heavy atom. The maximum absolute atomic E-state index is 13.2. The first-order valence-corrected chi connectivity index (χ1v) is 9.36. The molecule has 3 rings (SSSR count). The van der Waals surface area contributed by atoms with Gasteiger partial charge in [-0.1, -0.05) is 43.3 Å². The SMILES string of the molecule is C=CCn1c(C)cc(C(=O)CN2C(=O)N[C@](CC)(c3ccccc3)C2=O)c1C. The van der Waals surface area contributed by atoms with Crippen LogP contribution in [0.3, 0.4) is 0 Å². The van der Waals surface area contributed by atoms with Gasteiger partial charge in [0.1, 0.15) is 5.54 Å². The summed E-state index contributed by atoms with van der Waals surface area (Å²) in [6, 6.07) is 10.4. The summed E-state index contributed by atoms with van der Waals surface area (Å²) in [7, 11) is 0. The molecule has 1 atom stereocenters. The van der Waals surface area contributed by atoms with Gasteiger partial charge in [-0.3, -0.25) is 14.5 Å².